The van der Waals surface area contributed by atoms with Gasteiger partial charge in [-0.15, -0.1) is 11.6 Å². The average Bonchev–Trinajstić information content (AvgIpc) is 3.28. The van der Waals surface area contributed by atoms with Crippen molar-refractivity contribution in [2.24, 2.45) is 0 Å². The fraction of sp³-hybridized carbons (Fsp3) is 0.231. The molecular weight excluding hydrogens is 486 g/mol. The van der Waals surface area contributed by atoms with E-state index in [0.29, 0.717) is 16.8 Å². The lowest BCUT2D eigenvalue weighted by molar-refractivity contribution is -0.383. The predicted molar refractivity (Wildman–Crippen MR) is 138 cm³/mol. The summed E-state index contributed by atoms with van der Waals surface area (Å²) >= 11 is 6.26. The molecule has 0 saturated carbocycles. The number of fused-ring (bicyclic) bond motifs is 3. The zero-order valence-electron chi connectivity index (χ0n) is 19.4. The molecule has 0 bridgehead atoms. The van der Waals surface area contributed by atoms with Crippen LogP contribution in [0.5, 0.6) is 5.75 Å². The van der Waals surface area contributed by atoms with Crippen molar-refractivity contribution in [2.45, 2.75) is 5.92 Å². The molecule has 0 radical (unpaired) electrons. The molecule has 2 N–H and O–H groups in total. The van der Waals surface area contributed by atoms with Crippen LogP contribution in [0.25, 0.3) is 16.8 Å². The minimum Gasteiger partial charge on any atom is -0.497 e. The van der Waals surface area contributed by atoms with E-state index in [2.05, 4.69) is 5.32 Å². The Morgan fingerprint density at radius 2 is 1.97 bits per heavy atom. The van der Waals surface area contributed by atoms with Crippen molar-refractivity contribution in [1.82, 2.24) is 5.32 Å². The molecular formula is C26H24ClN3O6. The number of benzene rings is 3. The Morgan fingerprint density at radius 1 is 1.22 bits per heavy atom. The number of nitro groups is 1. The van der Waals surface area contributed by atoms with Gasteiger partial charge in [0.05, 0.1) is 29.7 Å². The summed E-state index contributed by atoms with van der Waals surface area (Å²) in [7, 11) is 1.57. The number of aliphatic hydroxyl groups excluding tert-OH is 1. The average molecular weight is 510 g/mol. The third-order valence-electron chi connectivity index (χ3n) is 6.08. The highest BCUT2D eigenvalue weighted by molar-refractivity contribution is 6.19. The van der Waals surface area contributed by atoms with Crippen molar-refractivity contribution >= 4 is 51.6 Å². The number of hydrogen-bond donors (Lipinski definition) is 2. The van der Waals surface area contributed by atoms with Gasteiger partial charge in [-0.2, -0.15) is 0 Å². The number of nitrogens with zero attached hydrogens (tertiary/aromatic N) is 2. The number of amides is 2. The first-order valence-electron chi connectivity index (χ1n) is 11.2. The summed E-state index contributed by atoms with van der Waals surface area (Å²) in [5.41, 5.74) is 1.98. The second-order valence-corrected chi connectivity index (χ2v) is 8.54. The van der Waals surface area contributed by atoms with Crippen molar-refractivity contribution in [3.8, 4) is 5.75 Å². The van der Waals surface area contributed by atoms with Gasteiger partial charge in [0, 0.05) is 42.6 Å². The number of halogens is 1. The van der Waals surface area contributed by atoms with Gasteiger partial charge in [0.1, 0.15) is 5.75 Å². The zero-order valence-corrected chi connectivity index (χ0v) is 20.2. The SMILES string of the molecule is COc1ccc(C=CC(=O)N2CC(CCl)c3c2cc([N+](=O)[O-])c2cc(C(=O)NCCO)ccc32)cc1. The molecule has 1 atom stereocenters. The molecule has 0 fully saturated rings. The molecule has 36 heavy (non-hydrogen) atoms. The summed E-state index contributed by atoms with van der Waals surface area (Å²) in [4.78, 5) is 38.5. The van der Waals surface area contributed by atoms with E-state index in [-0.39, 0.29) is 54.0 Å². The van der Waals surface area contributed by atoms with Crippen LogP contribution in [0.4, 0.5) is 11.4 Å². The van der Waals surface area contributed by atoms with Crippen LogP contribution >= 0.6 is 11.6 Å². The smallest absolute Gasteiger partial charge is 0.279 e. The standard InChI is InChI=1S/C26H24ClN3O6/c1-36-19-6-2-16(3-7-19)4-9-24(32)29-15-18(14-27)25-20-8-5-17(26(33)28-10-11-31)12-21(20)22(30(34)35)13-23(25)29/h2-9,12-13,18,31H,10-11,14-15H2,1H3,(H,28,33). The number of nitrogens with one attached hydrogen (secondary N) is 1. The van der Waals surface area contributed by atoms with Crippen LogP contribution in [0.15, 0.2) is 54.6 Å². The van der Waals surface area contributed by atoms with Crippen LogP contribution in [0.3, 0.4) is 0 Å². The lowest BCUT2D eigenvalue weighted by Gasteiger charge is -2.16. The van der Waals surface area contributed by atoms with E-state index in [1.165, 1.54) is 23.1 Å². The van der Waals surface area contributed by atoms with Gasteiger partial charge in [0.25, 0.3) is 17.5 Å². The molecule has 1 unspecified atom stereocenters. The van der Waals surface area contributed by atoms with Gasteiger partial charge in [-0.1, -0.05) is 18.2 Å². The van der Waals surface area contributed by atoms with Crippen molar-refractivity contribution in [1.29, 1.82) is 0 Å². The first kappa shape index (κ1) is 25.2. The van der Waals surface area contributed by atoms with Crippen molar-refractivity contribution in [3.05, 3.63) is 81.4 Å². The number of ether oxygens (including phenoxy) is 1. The predicted octanol–water partition coefficient (Wildman–Crippen LogP) is 3.86. The molecule has 186 valence electrons. The summed E-state index contributed by atoms with van der Waals surface area (Å²) in [6, 6.07) is 13.2. The fourth-order valence-corrected chi connectivity index (χ4v) is 4.60. The Labute approximate surface area is 212 Å². The number of methoxy groups -OCH3 is 1. The fourth-order valence-electron chi connectivity index (χ4n) is 4.35. The van der Waals surface area contributed by atoms with E-state index in [4.69, 9.17) is 21.4 Å². The van der Waals surface area contributed by atoms with Crippen molar-refractivity contribution in [3.63, 3.8) is 0 Å². The van der Waals surface area contributed by atoms with E-state index in [0.717, 1.165) is 11.1 Å². The van der Waals surface area contributed by atoms with E-state index in [1.54, 1.807) is 37.5 Å². The van der Waals surface area contributed by atoms with E-state index < -0.39 is 10.8 Å². The number of nitro benzene ring substituents is 1. The number of carbonyl (C=O) groups is 2. The molecule has 1 aliphatic rings. The molecule has 2 amide bonds. The highest BCUT2D eigenvalue weighted by Gasteiger charge is 2.35. The number of hydrogen-bond acceptors (Lipinski definition) is 6. The minimum atomic E-state index is -0.526. The Morgan fingerprint density at radius 3 is 2.61 bits per heavy atom. The molecule has 3 aromatic carbocycles. The van der Waals surface area contributed by atoms with Crippen molar-refractivity contribution < 1.29 is 24.4 Å². The summed E-state index contributed by atoms with van der Waals surface area (Å²) in [5, 5.41) is 24.3. The van der Waals surface area contributed by atoms with E-state index >= 15 is 0 Å². The topological polar surface area (TPSA) is 122 Å². The van der Waals surface area contributed by atoms with Gasteiger partial charge in [-0.25, -0.2) is 0 Å². The van der Waals surface area contributed by atoms with Crippen LogP contribution in [0, 0.1) is 10.1 Å². The highest BCUT2D eigenvalue weighted by atomic mass is 35.5. The van der Waals surface area contributed by atoms with Crippen molar-refractivity contribution in [2.75, 3.05) is 37.6 Å². The number of anilines is 1. The van der Waals surface area contributed by atoms with Crippen LogP contribution < -0.4 is 15.0 Å². The summed E-state index contributed by atoms with van der Waals surface area (Å²) in [6.07, 6.45) is 3.09. The molecule has 0 spiro atoms. The Balaban J connectivity index is 1.75. The second kappa shape index (κ2) is 10.8. The molecule has 0 saturated heterocycles. The maximum atomic E-state index is 13.2. The number of non-ortho nitro benzene ring substituents is 1. The van der Waals surface area contributed by atoms with Gasteiger partial charge < -0.3 is 20.1 Å². The number of carbonyl (C=O) groups excluding carboxylic acids is 2. The highest BCUT2D eigenvalue weighted by Crippen LogP contribution is 2.45. The van der Waals surface area contributed by atoms with Crippen LogP contribution in [-0.2, 0) is 4.79 Å². The summed E-state index contributed by atoms with van der Waals surface area (Å²) in [6.45, 7) is 0.124. The molecule has 3 aromatic rings. The van der Waals surface area contributed by atoms with Crippen LogP contribution in [0.2, 0.25) is 0 Å². The van der Waals surface area contributed by atoms with Gasteiger partial charge in [-0.05, 0) is 46.9 Å². The maximum Gasteiger partial charge on any atom is 0.279 e. The first-order chi connectivity index (χ1) is 17.4. The Bertz CT molecular complexity index is 1360. The minimum absolute atomic E-state index is 0.0680. The monoisotopic (exact) mass is 509 g/mol. The first-order valence-corrected chi connectivity index (χ1v) is 11.7. The van der Waals surface area contributed by atoms with Gasteiger partial charge >= 0.3 is 0 Å². The third-order valence-corrected chi connectivity index (χ3v) is 6.45. The summed E-state index contributed by atoms with van der Waals surface area (Å²) in [5.74, 6) is -0.101. The molecule has 9 nitrogen and oxygen atoms in total. The molecule has 0 aromatic heterocycles. The Hall–Kier alpha value is -3.95. The molecule has 0 aliphatic carbocycles. The third kappa shape index (κ3) is 4.89. The van der Waals surface area contributed by atoms with E-state index in [9.17, 15) is 19.7 Å². The number of alkyl halides is 1. The second-order valence-electron chi connectivity index (χ2n) is 8.23. The van der Waals surface area contributed by atoms with Gasteiger partial charge in [-0.3, -0.25) is 19.7 Å². The van der Waals surface area contributed by atoms with Crippen LogP contribution in [0.1, 0.15) is 27.4 Å². The lowest BCUT2D eigenvalue weighted by atomic mass is 9.93. The van der Waals surface area contributed by atoms with E-state index in [1.807, 2.05) is 12.1 Å². The molecule has 1 heterocycles. The number of aliphatic hydroxyl groups is 1. The largest absolute Gasteiger partial charge is 0.497 e. The molecule has 10 heteroatoms. The lowest BCUT2D eigenvalue weighted by Crippen LogP contribution is -2.28. The molecule has 1 aliphatic heterocycles. The maximum absolute atomic E-state index is 13.2. The number of rotatable bonds is 8. The zero-order chi connectivity index (χ0) is 25.8. The van der Waals surface area contributed by atoms with Crippen LogP contribution in [-0.4, -0.2) is 54.5 Å². The van der Waals surface area contributed by atoms with Gasteiger partial charge in [0.2, 0.25) is 0 Å². The van der Waals surface area contributed by atoms with Gasteiger partial charge in [0.15, 0.2) is 0 Å². The normalized spacial score (nSPS) is 14.8. The summed E-state index contributed by atoms with van der Waals surface area (Å²) < 4.78 is 5.14. The Kier molecular flexibility index (Phi) is 7.52. The molecule has 4 rings (SSSR count). The quantitative estimate of drug-likeness (QED) is 0.206.